The Balaban J connectivity index is 1.85. The van der Waals surface area contributed by atoms with Gasteiger partial charge in [0.25, 0.3) is 5.91 Å². The summed E-state index contributed by atoms with van der Waals surface area (Å²) >= 11 is 0. The topological polar surface area (TPSA) is 106 Å². The van der Waals surface area contributed by atoms with Gasteiger partial charge in [0.05, 0.1) is 23.0 Å². The van der Waals surface area contributed by atoms with Crippen LogP contribution in [0, 0.1) is 30.1 Å². The molecule has 190 valence electrons. The minimum Gasteiger partial charge on any atom is -0.383 e. The number of carbonyl (C=O) groups is 2. The number of carbonyl (C=O) groups excluding carboxylic acids is 2. The number of likely N-dealkylation sites (tertiary alicyclic amines) is 1. The van der Waals surface area contributed by atoms with Crippen LogP contribution in [-0.4, -0.2) is 49.9 Å². The maximum atomic E-state index is 13.8. The summed E-state index contributed by atoms with van der Waals surface area (Å²) in [7, 11) is 0. The standard InChI is InChI=1S/C29H32N6O2/c1-6-9-10-21(7-2)19(5)33-29(37)25-23(14-13-20-11-12-20)35(28-26(25)27(30)31-17-32-28)22-15-18(4)34(16-22)24(36)8-3/h1,7-10,17-20,22H,3,11-12,15-16H2,2,4-5H3,(H,33,37)(H2,30,31,32)/b10-9-,21-7+/t18-,19+,22+/m0/s1. The van der Waals surface area contributed by atoms with Gasteiger partial charge in [-0.25, -0.2) is 9.97 Å². The lowest BCUT2D eigenvalue weighted by atomic mass is 10.1. The molecule has 3 N–H and O–H groups in total. The van der Waals surface area contributed by atoms with Crippen molar-refractivity contribution in [1.29, 1.82) is 0 Å². The number of anilines is 1. The first kappa shape index (κ1) is 25.8. The summed E-state index contributed by atoms with van der Waals surface area (Å²) in [6.07, 6.45) is 16.2. The van der Waals surface area contributed by atoms with Gasteiger partial charge in [-0.15, -0.1) is 6.42 Å². The van der Waals surface area contributed by atoms with E-state index in [0.29, 0.717) is 41.2 Å². The van der Waals surface area contributed by atoms with Crippen molar-refractivity contribution in [3.05, 3.63) is 54.0 Å². The second-order valence-electron chi connectivity index (χ2n) is 9.51. The molecule has 2 aromatic heterocycles. The molecule has 2 aromatic rings. The Labute approximate surface area is 217 Å². The first-order valence-electron chi connectivity index (χ1n) is 12.5. The van der Waals surface area contributed by atoms with Crippen LogP contribution in [0.1, 0.15) is 62.1 Å². The van der Waals surface area contributed by atoms with E-state index in [9.17, 15) is 9.59 Å². The maximum Gasteiger partial charge on any atom is 0.255 e. The molecule has 8 nitrogen and oxygen atoms in total. The number of aromatic nitrogens is 3. The van der Waals surface area contributed by atoms with Crippen LogP contribution in [0.15, 0.2) is 42.8 Å². The molecule has 0 unspecified atom stereocenters. The van der Waals surface area contributed by atoms with E-state index in [1.54, 1.807) is 17.1 Å². The smallest absolute Gasteiger partial charge is 0.255 e. The summed E-state index contributed by atoms with van der Waals surface area (Å²) in [5.74, 6) is 9.14. The average Bonchev–Trinajstić information content (AvgIpc) is 3.54. The third-order valence-electron chi connectivity index (χ3n) is 6.94. The first-order chi connectivity index (χ1) is 17.8. The Morgan fingerprint density at radius 2 is 2.11 bits per heavy atom. The number of nitrogens with one attached hydrogen (secondary N) is 1. The van der Waals surface area contributed by atoms with Crippen LogP contribution in [0.5, 0.6) is 0 Å². The Morgan fingerprint density at radius 1 is 1.35 bits per heavy atom. The van der Waals surface area contributed by atoms with E-state index in [-0.39, 0.29) is 35.8 Å². The zero-order chi connectivity index (χ0) is 26.7. The number of nitrogens with zero attached hydrogens (tertiary/aromatic N) is 4. The fraction of sp³-hybridized carbons (Fsp3) is 0.379. The molecule has 1 saturated heterocycles. The van der Waals surface area contributed by atoms with Gasteiger partial charge in [-0.05, 0) is 69.8 Å². The molecule has 1 aliphatic carbocycles. The number of rotatable bonds is 6. The molecule has 3 heterocycles. The van der Waals surface area contributed by atoms with E-state index in [4.69, 9.17) is 12.2 Å². The van der Waals surface area contributed by atoms with E-state index in [0.717, 1.165) is 18.4 Å². The summed E-state index contributed by atoms with van der Waals surface area (Å²) in [6, 6.07) is -0.459. The van der Waals surface area contributed by atoms with Crippen LogP contribution < -0.4 is 11.1 Å². The van der Waals surface area contributed by atoms with Gasteiger partial charge in [0.2, 0.25) is 5.91 Å². The quantitative estimate of drug-likeness (QED) is 0.362. The van der Waals surface area contributed by atoms with Crippen molar-refractivity contribution >= 4 is 28.7 Å². The summed E-state index contributed by atoms with van der Waals surface area (Å²) in [5.41, 5.74) is 8.64. The van der Waals surface area contributed by atoms with E-state index >= 15 is 0 Å². The Bertz CT molecular complexity index is 1410. The minimum atomic E-state index is -0.323. The van der Waals surface area contributed by atoms with Gasteiger partial charge in [-0.1, -0.05) is 24.5 Å². The Hall–Kier alpha value is -4.30. The lowest BCUT2D eigenvalue weighted by Crippen LogP contribution is -2.34. The zero-order valence-electron chi connectivity index (χ0n) is 21.5. The number of amides is 2. The predicted molar refractivity (Wildman–Crippen MR) is 145 cm³/mol. The highest BCUT2D eigenvalue weighted by atomic mass is 16.2. The third-order valence-corrected chi connectivity index (χ3v) is 6.94. The van der Waals surface area contributed by atoms with E-state index in [1.807, 2.05) is 31.4 Å². The number of nitrogens with two attached hydrogens (primary N) is 1. The van der Waals surface area contributed by atoms with Crippen molar-refractivity contribution in [1.82, 2.24) is 24.8 Å². The highest BCUT2D eigenvalue weighted by Gasteiger charge is 2.37. The molecular weight excluding hydrogens is 464 g/mol. The third kappa shape index (κ3) is 5.15. The zero-order valence-corrected chi connectivity index (χ0v) is 21.5. The van der Waals surface area contributed by atoms with Gasteiger partial charge < -0.3 is 20.5 Å². The molecule has 0 bridgehead atoms. The molecule has 4 rings (SSSR count). The average molecular weight is 497 g/mol. The summed E-state index contributed by atoms with van der Waals surface area (Å²) in [4.78, 5) is 36.8. The van der Waals surface area contributed by atoms with Gasteiger partial charge in [0.15, 0.2) is 0 Å². The monoisotopic (exact) mass is 496 g/mol. The lowest BCUT2D eigenvalue weighted by Gasteiger charge is -2.19. The molecular formula is C29H32N6O2. The molecule has 2 amide bonds. The molecule has 1 aliphatic heterocycles. The normalized spacial score (nSPS) is 20.4. The van der Waals surface area contributed by atoms with Gasteiger partial charge in [0, 0.05) is 18.5 Å². The molecule has 8 heteroatoms. The highest BCUT2D eigenvalue weighted by molar-refractivity contribution is 6.12. The van der Waals surface area contributed by atoms with Crippen LogP contribution >= 0.6 is 0 Å². The Kier molecular flexibility index (Phi) is 7.50. The molecule has 3 atom stereocenters. The van der Waals surface area contributed by atoms with Crippen LogP contribution in [0.2, 0.25) is 0 Å². The molecule has 0 aromatic carbocycles. The summed E-state index contributed by atoms with van der Waals surface area (Å²) in [5, 5.41) is 3.54. The van der Waals surface area contributed by atoms with Crippen molar-refractivity contribution in [2.24, 2.45) is 5.92 Å². The Morgan fingerprint density at radius 3 is 2.76 bits per heavy atom. The van der Waals surface area contributed by atoms with Crippen molar-refractivity contribution in [3.8, 4) is 24.2 Å². The van der Waals surface area contributed by atoms with E-state index in [2.05, 4.69) is 39.6 Å². The number of terminal acetylenes is 1. The number of hydrogen-bond acceptors (Lipinski definition) is 5. The fourth-order valence-corrected chi connectivity index (χ4v) is 4.86. The molecule has 2 fully saturated rings. The first-order valence-corrected chi connectivity index (χ1v) is 12.5. The molecule has 0 spiro atoms. The van der Waals surface area contributed by atoms with Gasteiger partial charge >= 0.3 is 0 Å². The van der Waals surface area contributed by atoms with Gasteiger partial charge in [-0.2, -0.15) is 0 Å². The van der Waals surface area contributed by atoms with Crippen LogP contribution in [-0.2, 0) is 4.79 Å². The van der Waals surface area contributed by atoms with Gasteiger partial charge in [-0.3, -0.25) is 9.59 Å². The van der Waals surface area contributed by atoms with Crippen molar-refractivity contribution < 1.29 is 9.59 Å². The van der Waals surface area contributed by atoms with Crippen LogP contribution in [0.3, 0.4) is 0 Å². The number of hydrogen-bond donors (Lipinski definition) is 2. The SMILES string of the molecule is C#C/C=C\C(=C/C)[C@@H](C)NC(=O)c1c(C#CC2CC2)n([C@@H]2C[C@H](C)N(C(=O)C=C)C2)c2ncnc(N)c12. The van der Waals surface area contributed by atoms with E-state index in [1.165, 1.54) is 12.4 Å². The molecule has 0 radical (unpaired) electrons. The number of fused-ring (bicyclic) bond motifs is 1. The van der Waals surface area contributed by atoms with Crippen molar-refractivity contribution in [2.45, 2.75) is 58.2 Å². The summed E-state index contributed by atoms with van der Waals surface area (Å²) < 4.78 is 1.98. The molecule has 2 aliphatic rings. The maximum absolute atomic E-state index is 13.8. The van der Waals surface area contributed by atoms with Crippen LogP contribution in [0.25, 0.3) is 11.0 Å². The van der Waals surface area contributed by atoms with Crippen LogP contribution in [0.4, 0.5) is 5.82 Å². The van der Waals surface area contributed by atoms with Crippen molar-refractivity contribution in [3.63, 3.8) is 0 Å². The number of allylic oxidation sites excluding steroid dienone is 2. The lowest BCUT2D eigenvalue weighted by molar-refractivity contribution is -0.126. The highest BCUT2D eigenvalue weighted by Crippen LogP contribution is 2.37. The summed E-state index contributed by atoms with van der Waals surface area (Å²) in [6.45, 7) is 9.87. The predicted octanol–water partition coefficient (Wildman–Crippen LogP) is 3.38. The molecule has 1 saturated carbocycles. The van der Waals surface area contributed by atoms with E-state index < -0.39 is 0 Å². The second-order valence-corrected chi connectivity index (χ2v) is 9.51. The van der Waals surface area contributed by atoms with Gasteiger partial charge in [0.1, 0.15) is 23.5 Å². The fourth-order valence-electron chi connectivity index (χ4n) is 4.86. The second kappa shape index (κ2) is 10.8. The minimum absolute atomic E-state index is 0.00568. The number of nitrogen functional groups attached to an aromatic ring is 1. The van der Waals surface area contributed by atoms with Crippen molar-refractivity contribution in [2.75, 3.05) is 12.3 Å². The largest absolute Gasteiger partial charge is 0.383 e. The molecule has 37 heavy (non-hydrogen) atoms.